The summed E-state index contributed by atoms with van der Waals surface area (Å²) in [5.74, 6) is -0.576. The third-order valence-electron chi connectivity index (χ3n) is 2.90. The quantitative estimate of drug-likeness (QED) is 0.939. The molecule has 0 aliphatic heterocycles. The monoisotopic (exact) mass is 311 g/mol. The molecule has 1 amide bonds. The van der Waals surface area contributed by atoms with Crippen molar-refractivity contribution in [1.29, 1.82) is 0 Å². The molecule has 0 unspecified atom stereocenters. The molecule has 0 radical (unpaired) electrons. The Kier molecular flexibility index (Phi) is 4.30. The van der Waals surface area contributed by atoms with Crippen LogP contribution in [0.2, 0.25) is 0 Å². The van der Waals surface area contributed by atoms with Crippen molar-refractivity contribution in [3.8, 4) is 0 Å². The van der Waals surface area contributed by atoms with Gasteiger partial charge in [-0.05, 0) is 23.8 Å². The van der Waals surface area contributed by atoms with E-state index in [1.807, 2.05) is 0 Å². The summed E-state index contributed by atoms with van der Waals surface area (Å²) in [4.78, 5) is 23.0. The molecule has 0 aliphatic rings. The van der Waals surface area contributed by atoms with E-state index in [1.165, 1.54) is 31.3 Å². The summed E-state index contributed by atoms with van der Waals surface area (Å²) in [5, 5.41) is 6.21. The van der Waals surface area contributed by atoms with Crippen molar-refractivity contribution >= 4 is 5.91 Å². The Hall–Kier alpha value is -2.64. The minimum absolute atomic E-state index is 0.00840. The van der Waals surface area contributed by atoms with Crippen LogP contribution in [0.4, 0.5) is 13.2 Å². The summed E-state index contributed by atoms with van der Waals surface area (Å²) in [7, 11) is 1.39. The average Bonchev–Trinajstić information content (AvgIpc) is 2.47. The zero-order valence-corrected chi connectivity index (χ0v) is 11.5. The molecule has 1 aromatic heterocycles. The van der Waals surface area contributed by atoms with Crippen LogP contribution in [-0.2, 0) is 19.8 Å². The maximum atomic E-state index is 12.6. The Morgan fingerprint density at radius 2 is 2.00 bits per heavy atom. The Morgan fingerprint density at radius 1 is 1.27 bits per heavy atom. The number of alkyl halides is 3. The van der Waals surface area contributed by atoms with E-state index < -0.39 is 17.6 Å². The minimum Gasteiger partial charge on any atom is -0.347 e. The van der Waals surface area contributed by atoms with Crippen LogP contribution in [0.1, 0.15) is 21.6 Å². The van der Waals surface area contributed by atoms with Gasteiger partial charge in [-0.1, -0.05) is 12.1 Å². The summed E-state index contributed by atoms with van der Waals surface area (Å²) < 4.78 is 38.8. The highest BCUT2D eigenvalue weighted by atomic mass is 19.4. The van der Waals surface area contributed by atoms with Gasteiger partial charge in [-0.2, -0.15) is 18.3 Å². The number of nitrogens with zero attached hydrogens (tertiary/aromatic N) is 2. The fourth-order valence-corrected chi connectivity index (χ4v) is 1.75. The van der Waals surface area contributed by atoms with E-state index in [9.17, 15) is 22.8 Å². The molecule has 2 aromatic rings. The molecule has 22 heavy (non-hydrogen) atoms. The van der Waals surface area contributed by atoms with Gasteiger partial charge in [0.1, 0.15) is 5.69 Å². The molecule has 5 nitrogen and oxygen atoms in total. The van der Waals surface area contributed by atoms with Crippen molar-refractivity contribution in [1.82, 2.24) is 15.1 Å². The molecule has 0 fully saturated rings. The molecule has 0 atom stereocenters. The molecular weight excluding hydrogens is 299 g/mol. The van der Waals surface area contributed by atoms with Crippen molar-refractivity contribution in [3.05, 3.63) is 63.6 Å². The number of benzene rings is 1. The number of aryl methyl sites for hydroxylation is 1. The third-order valence-corrected chi connectivity index (χ3v) is 2.90. The summed E-state index contributed by atoms with van der Waals surface area (Å²) in [6, 6.07) is 7.11. The molecular formula is C14H12F3N3O2. The first kappa shape index (κ1) is 15.7. The topological polar surface area (TPSA) is 64.0 Å². The van der Waals surface area contributed by atoms with Gasteiger partial charge in [-0.15, -0.1) is 0 Å². The normalized spacial score (nSPS) is 11.3. The highest BCUT2D eigenvalue weighted by Gasteiger charge is 2.30. The van der Waals surface area contributed by atoms with Gasteiger partial charge in [-0.25, -0.2) is 4.68 Å². The van der Waals surface area contributed by atoms with Crippen LogP contribution in [0.5, 0.6) is 0 Å². The molecule has 0 aliphatic carbocycles. The van der Waals surface area contributed by atoms with E-state index in [-0.39, 0.29) is 17.8 Å². The first-order valence-corrected chi connectivity index (χ1v) is 6.26. The smallest absolute Gasteiger partial charge is 0.347 e. The number of amides is 1. The molecule has 1 N–H and O–H groups in total. The summed E-state index contributed by atoms with van der Waals surface area (Å²) in [6.07, 6.45) is -4.43. The number of carbonyl (C=O) groups excluding carboxylic acids is 1. The molecule has 1 heterocycles. The van der Waals surface area contributed by atoms with Gasteiger partial charge in [0.05, 0.1) is 5.56 Å². The molecule has 0 bridgehead atoms. The molecule has 8 heteroatoms. The van der Waals surface area contributed by atoms with Gasteiger partial charge in [0.2, 0.25) is 0 Å². The van der Waals surface area contributed by atoms with Crippen LogP contribution < -0.4 is 10.9 Å². The van der Waals surface area contributed by atoms with E-state index in [0.717, 1.165) is 16.8 Å². The van der Waals surface area contributed by atoms with Crippen molar-refractivity contribution < 1.29 is 18.0 Å². The van der Waals surface area contributed by atoms with Gasteiger partial charge in [-0.3, -0.25) is 9.59 Å². The lowest BCUT2D eigenvalue weighted by Crippen LogP contribution is -2.28. The van der Waals surface area contributed by atoms with Crippen LogP contribution in [0.25, 0.3) is 0 Å². The van der Waals surface area contributed by atoms with Crippen LogP contribution >= 0.6 is 0 Å². The summed E-state index contributed by atoms with van der Waals surface area (Å²) in [5.41, 5.74) is -0.823. The molecule has 2 rings (SSSR count). The zero-order valence-electron chi connectivity index (χ0n) is 11.5. The summed E-state index contributed by atoms with van der Waals surface area (Å²) in [6.45, 7) is -0.0761. The number of halogens is 3. The number of aromatic nitrogens is 2. The number of nitrogens with one attached hydrogen (secondary N) is 1. The predicted molar refractivity (Wildman–Crippen MR) is 72.1 cm³/mol. The second-order valence-electron chi connectivity index (χ2n) is 4.56. The lowest BCUT2D eigenvalue weighted by atomic mass is 10.1. The van der Waals surface area contributed by atoms with Crippen molar-refractivity contribution in [2.45, 2.75) is 12.7 Å². The Labute approximate surface area is 123 Å². The highest BCUT2D eigenvalue weighted by Crippen LogP contribution is 2.29. The van der Waals surface area contributed by atoms with Crippen molar-refractivity contribution in [3.63, 3.8) is 0 Å². The largest absolute Gasteiger partial charge is 0.416 e. The SMILES string of the molecule is Cn1nc(C(=O)NCc2cccc(C(F)(F)F)c2)ccc1=O. The maximum Gasteiger partial charge on any atom is 0.416 e. The van der Waals surface area contributed by atoms with E-state index in [4.69, 9.17) is 0 Å². The minimum atomic E-state index is -4.43. The van der Waals surface area contributed by atoms with Crippen LogP contribution in [-0.4, -0.2) is 15.7 Å². The Balaban J connectivity index is 2.08. The van der Waals surface area contributed by atoms with Crippen molar-refractivity contribution in [2.75, 3.05) is 0 Å². The first-order valence-electron chi connectivity index (χ1n) is 6.26. The second kappa shape index (κ2) is 6.00. The molecule has 1 aromatic carbocycles. The van der Waals surface area contributed by atoms with Gasteiger partial charge >= 0.3 is 6.18 Å². The highest BCUT2D eigenvalue weighted by molar-refractivity contribution is 5.91. The summed E-state index contributed by atoms with van der Waals surface area (Å²) >= 11 is 0. The average molecular weight is 311 g/mol. The van der Waals surface area contributed by atoms with E-state index in [1.54, 1.807) is 0 Å². The fraction of sp³-hybridized carbons (Fsp3) is 0.214. The molecule has 0 saturated carbocycles. The number of carbonyl (C=O) groups is 1. The lowest BCUT2D eigenvalue weighted by Gasteiger charge is -2.09. The number of hydrogen-bond donors (Lipinski definition) is 1. The molecule has 0 spiro atoms. The standard InChI is InChI=1S/C14H12F3N3O2/c1-20-12(21)6-5-11(19-20)13(22)18-8-9-3-2-4-10(7-9)14(15,16)17/h2-7H,8H2,1H3,(H,18,22). The number of rotatable bonds is 3. The van der Waals surface area contributed by atoms with E-state index in [0.29, 0.717) is 5.56 Å². The van der Waals surface area contributed by atoms with Crippen LogP contribution in [0, 0.1) is 0 Å². The van der Waals surface area contributed by atoms with Crippen LogP contribution in [0.3, 0.4) is 0 Å². The lowest BCUT2D eigenvalue weighted by molar-refractivity contribution is -0.137. The van der Waals surface area contributed by atoms with E-state index >= 15 is 0 Å². The van der Waals surface area contributed by atoms with Gasteiger partial charge in [0.25, 0.3) is 11.5 Å². The van der Waals surface area contributed by atoms with Gasteiger partial charge in [0.15, 0.2) is 0 Å². The maximum absolute atomic E-state index is 12.6. The zero-order chi connectivity index (χ0) is 16.3. The molecule has 116 valence electrons. The molecule has 0 saturated heterocycles. The number of hydrogen-bond acceptors (Lipinski definition) is 3. The Bertz CT molecular complexity index is 753. The van der Waals surface area contributed by atoms with E-state index in [2.05, 4.69) is 10.4 Å². The first-order chi connectivity index (χ1) is 10.3. The second-order valence-corrected chi connectivity index (χ2v) is 4.56. The van der Waals surface area contributed by atoms with Crippen molar-refractivity contribution in [2.24, 2.45) is 7.05 Å². The predicted octanol–water partition coefficient (Wildman–Crippen LogP) is 1.73. The van der Waals surface area contributed by atoms with Gasteiger partial charge < -0.3 is 5.32 Å². The fourth-order valence-electron chi connectivity index (χ4n) is 1.75. The Morgan fingerprint density at radius 3 is 2.64 bits per heavy atom. The van der Waals surface area contributed by atoms with Crippen LogP contribution in [0.15, 0.2) is 41.2 Å². The van der Waals surface area contributed by atoms with Gasteiger partial charge in [0, 0.05) is 19.7 Å². The third kappa shape index (κ3) is 3.72.